The predicted molar refractivity (Wildman–Crippen MR) is 127 cm³/mol. The van der Waals surface area contributed by atoms with Crippen molar-refractivity contribution >= 4 is 0 Å². The first-order chi connectivity index (χ1) is 15.7. The number of morpholine rings is 1. The lowest BCUT2D eigenvalue weighted by Gasteiger charge is -2.26. The van der Waals surface area contributed by atoms with Crippen LogP contribution in [0.3, 0.4) is 0 Å². The van der Waals surface area contributed by atoms with Crippen molar-refractivity contribution in [3.8, 4) is 5.75 Å². The molecule has 1 aliphatic carbocycles. The fourth-order valence-electron chi connectivity index (χ4n) is 5.60. The number of benzene rings is 1. The van der Waals surface area contributed by atoms with Gasteiger partial charge in [0, 0.05) is 36.9 Å². The molecule has 0 unspecified atom stereocenters. The zero-order valence-electron chi connectivity index (χ0n) is 19.6. The third-order valence-corrected chi connectivity index (χ3v) is 7.42. The minimum Gasteiger partial charge on any atom is -0.489 e. The summed E-state index contributed by atoms with van der Waals surface area (Å²) in [5.74, 6) is 1.26. The maximum Gasteiger partial charge on any atom is 0.126 e. The molecule has 5 nitrogen and oxygen atoms in total. The summed E-state index contributed by atoms with van der Waals surface area (Å²) < 4.78 is 11.8. The Morgan fingerprint density at radius 1 is 1.16 bits per heavy atom. The maximum absolute atomic E-state index is 10.7. The number of nitrogens with zero attached hydrogens (tertiary/aromatic N) is 1. The quantitative estimate of drug-likeness (QED) is 0.399. The Kier molecular flexibility index (Phi) is 8.64. The molecule has 32 heavy (non-hydrogen) atoms. The highest BCUT2D eigenvalue weighted by Gasteiger charge is 2.48. The Labute approximate surface area is 193 Å². The number of unbranched alkanes of at least 4 members (excludes halogenated alkanes) is 3. The number of aryl methyl sites for hydroxylation is 1. The molecule has 178 valence electrons. The highest BCUT2D eigenvalue weighted by atomic mass is 16.5. The molecule has 0 radical (unpaired) electrons. The van der Waals surface area contributed by atoms with Gasteiger partial charge in [0.2, 0.25) is 0 Å². The minimum atomic E-state index is -0.424. The van der Waals surface area contributed by atoms with Crippen LogP contribution in [0.5, 0.6) is 5.75 Å². The zero-order valence-corrected chi connectivity index (χ0v) is 19.6. The zero-order chi connectivity index (χ0) is 22.3. The molecule has 1 saturated carbocycles. The van der Waals surface area contributed by atoms with E-state index in [0.717, 1.165) is 77.1 Å². The largest absolute Gasteiger partial charge is 0.489 e. The Morgan fingerprint density at radius 3 is 2.81 bits per heavy atom. The molecule has 2 fully saturated rings. The molecular weight excluding hydrogens is 402 g/mol. The summed E-state index contributed by atoms with van der Waals surface area (Å²) in [5.41, 5.74) is 2.54. The molecule has 0 aromatic heterocycles. The van der Waals surface area contributed by atoms with Gasteiger partial charge in [-0.05, 0) is 37.8 Å². The van der Waals surface area contributed by atoms with Gasteiger partial charge in [-0.1, -0.05) is 56.5 Å². The number of aliphatic hydroxyl groups excluding tert-OH is 2. The lowest BCUT2D eigenvalue weighted by Crippen LogP contribution is -2.36. The highest BCUT2D eigenvalue weighted by molar-refractivity contribution is 5.49. The van der Waals surface area contributed by atoms with Gasteiger partial charge in [0.15, 0.2) is 0 Å². The summed E-state index contributed by atoms with van der Waals surface area (Å²) in [6, 6.07) is 6.52. The molecule has 0 amide bonds. The van der Waals surface area contributed by atoms with Crippen LogP contribution in [0.2, 0.25) is 0 Å². The summed E-state index contributed by atoms with van der Waals surface area (Å²) in [6.45, 7) is 7.15. The molecule has 2 N–H and O–H groups in total. The van der Waals surface area contributed by atoms with Crippen LogP contribution in [0, 0.1) is 5.92 Å². The van der Waals surface area contributed by atoms with Crippen molar-refractivity contribution in [1.82, 2.24) is 4.90 Å². The van der Waals surface area contributed by atoms with Gasteiger partial charge in [-0.2, -0.15) is 0 Å². The number of fused-ring (bicyclic) bond motifs is 3. The van der Waals surface area contributed by atoms with Crippen molar-refractivity contribution in [1.29, 1.82) is 0 Å². The second-order valence-electron chi connectivity index (χ2n) is 9.76. The van der Waals surface area contributed by atoms with Crippen molar-refractivity contribution < 1.29 is 19.7 Å². The molecule has 0 spiro atoms. The smallest absolute Gasteiger partial charge is 0.126 e. The van der Waals surface area contributed by atoms with Crippen LogP contribution in [0.15, 0.2) is 30.4 Å². The maximum atomic E-state index is 10.7. The van der Waals surface area contributed by atoms with Crippen molar-refractivity contribution in [3.05, 3.63) is 41.5 Å². The van der Waals surface area contributed by atoms with Crippen LogP contribution in [0.1, 0.15) is 68.9 Å². The molecule has 1 aromatic carbocycles. The first-order valence-corrected chi connectivity index (χ1v) is 12.8. The molecule has 3 aliphatic rings. The minimum absolute atomic E-state index is 0.0126. The summed E-state index contributed by atoms with van der Waals surface area (Å²) in [7, 11) is 0. The standard InChI is InChI=1S/C27H41NO4/c1-2-3-4-10-21(29)12-13-22-24(30)19-25-26(22)23-11-7-9-20(27(23)32-25)8-5-6-14-28-15-17-31-18-16-28/h7,9,11-13,21-22,24-26,29-30H,2-6,8,10,14-19H2,1H3/b13-12+/t21-,22-,24+,25-,26-/m0/s1. The second-order valence-corrected chi connectivity index (χ2v) is 9.76. The summed E-state index contributed by atoms with van der Waals surface area (Å²) in [4.78, 5) is 2.49. The average Bonchev–Trinajstić information content (AvgIpc) is 3.31. The number of ether oxygens (including phenoxy) is 2. The molecule has 4 rings (SSSR count). The van der Waals surface area contributed by atoms with E-state index in [2.05, 4.69) is 36.1 Å². The average molecular weight is 444 g/mol. The van der Waals surface area contributed by atoms with E-state index in [0.29, 0.717) is 6.42 Å². The first kappa shape index (κ1) is 23.7. The van der Waals surface area contributed by atoms with E-state index in [4.69, 9.17) is 9.47 Å². The summed E-state index contributed by atoms with van der Waals surface area (Å²) in [5, 5.41) is 21.0. The van der Waals surface area contributed by atoms with Crippen LogP contribution in [-0.4, -0.2) is 66.3 Å². The normalized spacial score (nSPS) is 28.6. The number of para-hydroxylation sites is 1. The third-order valence-electron chi connectivity index (χ3n) is 7.42. The number of aliphatic hydroxyl groups is 2. The summed E-state index contributed by atoms with van der Waals surface area (Å²) in [6.07, 6.45) is 11.4. The Hall–Kier alpha value is -1.40. The summed E-state index contributed by atoms with van der Waals surface area (Å²) >= 11 is 0. The van der Waals surface area contributed by atoms with Gasteiger partial charge in [-0.3, -0.25) is 4.90 Å². The van der Waals surface area contributed by atoms with E-state index >= 15 is 0 Å². The first-order valence-electron chi connectivity index (χ1n) is 12.8. The second kappa shape index (κ2) is 11.6. The Balaban J connectivity index is 1.35. The van der Waals surface area contributed by atoms with Crippen LogP contribution in [-0.2, 0) is 11.2 Å². The molecule has 0 bridgehead atoms. The van der Waals surface area contributed by atoms with Crippen molar-refractivity contribution in [2.75, 3.05) is 32.8 Å². The van der Waals surface area contributed by atoms with Crippen molar-refractivity contribution in [3.63, 3.8) is 0 Å². The van der Waals surface area contributed by atoms with Gasteiger partial charge in [-0.15, -0.1) is 0 Å². The van der Waals surface area contributed by atoms with E-state index in [1.165, 1.54) is 17.5 Å². The van der Waals surface area contributed by atoms with Crippen LogP contribution in [0.4, 0.5) is 0 Å². The monoisotopic (exact) mass is 443 g/mol. The van der Waals surface area contributed by atoms with E-state index in [-0.39, 0.29) is 17.9 Å². The Morgan fingerprint density at radius 2 is 2.00 bits per heavy atom. The van der Waals surface area contributed by atoms with Gasteiger partial charge >= 0.3 is 0 Å². The van der Waals surface area contributed by atoms with Crippen molar-refractivity contribution in [2.45, 2.75) is 82.5 Å². The molecular formula is C27H41NO4. The molecule has 2 aliphatic heterocycles. The third kappa shape index (κ3) is 5.74. The van der Waals surface area contributed by atoms with E-state index in [9.17, 15) is 10.2 Å². The van der Waals surface area contributed by atoms with Crippen LogP contribution >= 0.6 is 0 Å². The van der Waals surface area contributed by atoms with Crippen LogP contribution in [0.25, 0.3) is 0 Å². The van der Waals surface area contributed by atoms with Gasteiger partial charge in [0.25, 0.3) is 0 Å². The van der Waals surface area contributed by atoms with E-state index in [1.807, 2.05) is 6.08 Å². The number of hydrogen-bond acceptors (Lipinski definition) is 5. The lowest BCUT2D eigenvalue weighted by atomic mass is 9.86. The van der Waals surface area contributed by atoms with Gasteiger partial charge in [0.05, 0.1) is 25.4 Å². The molecule has 5 atom stereocenters. The van der Waals surface area contributed by atoms with Gasteiger partial charge < -0.3 is 19.7 Å². The van der Waals surface area contributed by atoms with E-state index in [1.54, 1.807) is 0 Å². The fourth-order valence-corrected chi connectivity index (χ4v) is 5.60. The van der Waals surface area contributed by atoms with Gasteiger partial charge in [0.1, 0.15) is 11.9 Å². The van der Waals surface area contributed by atoms with Crippen molar-refractivity contribution in [2.24, 2.45) is 5.92 Å². The molecule has 1 saturated heterocycles. The fraction of sp³-hybridized carbons (Fsp3) is 0.704. The highest BCUT2D eigenvalue weighted by Crippen LogP contribution is 2.52. The molecule has 1 aromatic rings. The number of rotatable bonds is 11. The molecule has 5 heteroatoms. The van der Waals surface area contributed by atoms with Crippen LogP contribution < -0.4 is 4.74 Å². The SMILES string of the molecule is CCCCC[C@H](O)/C=C/[C@@H]1[C@H]2c3cccc(CCCCN4CCOCC4)c3O[C@H]2C[C@H]1O. The molecule has 2 heterocycles. The van der Waals surface area contributed by atoms with Gasteiger partial charge in [-0.25, -0.2) is 0 Å². The predicted octanol–water partition coefficient (Wildman–Crippen LogP) is 4.06. The van der Waals surface area contributed by atoms with E-state index < -0.39 is 12.2 Å². The lowest BCUT2D eigenvalue weighted by molar-refractivity contribution is 0.0372. The Bertz CT molecular complexity index is 745. The number of hydrogen-bond donors (Lipinski definition) is 2. The topological polar surface area (TPSA) is 62.2 Å².